The van der Waals surface area contributed by atoms with E-state index in [2.05, 4.69) is 22.2 Å². The first-order chi connectivity index (χ1) is 8.22. The third-order valence-corrected chi connectivity index (χ3v) is 3.56. The van der Waals surface area contributed by atoms with Crippen LogP contribution in [0.4, 0.5) is 5.82 Å². The monoisotopic (exact) mass is 255 g/mol. The molecule has 0 radical (unpaired) electrons. The van der Waals surface area contributed by atoms with E-state index in [1.807, 2.05) is 14.0 Å². The fraction of sp³-hybridized carbons (Fsp3) is 0.667. The van der Waals surface area contributed by atoms with Gasteiger partial charge in [-0.25, -0.2) is 9.97 Å². The van der Waals surface area contributed by atoms with Gasteiger partial charge in [0.15, 0.2) is 0 Å². The van der Waals surface area contributed by atoms with Crippen LogP contribution in [0.15, 0.2) is 5.03 Å². The Kier molecular flexibility index (Phi) is 6.29. The van der Waals surface area contributed by atoms with E-state index in [1.54, 1.807) is 11.8 Å². The highest BCUT2D eigenvalue weighted by Gasteiger charge is 2.09. The first kappa shape index (κ1) is 14.3. The second kappa shape index (κ2) is 7.50. The molecule has 0 aliphatic rings. The number of thioether (sulfide) groups is 1. The van der Waals surface area contributed by atoms with Gasteiger partial charge in [-0.2, -0.15) is 0 Å². The van der Waals surface area contributed by atoms with Gasteiger partial charge in [-0.3, -0.25) is 0 Å². The Morgan fingerprint density at radius 3 is 2.71 bits per heavy atom. The Morgan fingerprint density at radius 1 is 1.35 bits per heavy atom. The summed E-state index contributed by atoms with van der Waals surface area (Å²) in [6.45, 7) is 4.39. The molecule has 4 nitrogen and oxygen atoms in total. The maximum absolute atomic E-state index is 8.79. The summed E-state index contributed by atoms with van der Waals surface area (Å²) in [6.07, 6.45) is 2.75. The Balaban J connectivity index is 2.88. The lowest BCUT2D eigenvalue weighted by atomic mass is 10.3. The van der Waals surface area contributed by atoms with Crippen LogP contribution in [0.3, 0.4) is 0 Å². The molecule has 0 saturated carbocycles. The van der Waals surface area contributed by atoms with E-state index >= 15 is 0 Å². The van der Waals surface area contributed by atoms with Gasteiger partial charge in [-0.05, 0) is 19.8 Å². The molecule has 0 bridgehead atoms. The predicted molar refractivity (Wildman–Crippen MR) is 72.7 cm³/mol. The van der Waals surface area contributed by atoms with Gasteiger partial charge < -0.3 is 10.4 Å². The number of anilines is 1. The summed E-state index contributed by atoms with van der Waals surface area (Å²) >= 11 is 1.69. The van der Waals surface area contributed by atoms with Gasteiger partial charge in [-0.1, -0.05) is 6.92 Å². The molecule has 1 rings (SSSR count). The second-order valence-corrected chi connectivity index (χ2v) is 4.93. The lowest BCUT2D eigenvalue weighted by Crippen LogP contribution is -2.05. The number of aryl methyl sites for hydroxylation is 1. The van der Waals surface area contributed by atoms with Crippen molar-refractivity contribution in [2.45, 2.75) is 38.1 Å². The molecule has 0 spiro atoms. The molecule has 0 atom stereocenters. The SMILES string of the molecule is CCCc1nc(NC)c(C)c(SCCCO)n1. The molecule has 1 heterocycles. The summed E-state index contributed by atoms with van der Waals surface area (Å²) in [5.74, 6) is 2.70. The topological polar surface area (TPSA) is 58.0 Å². The summed E-state index contributed by atoms with van der Waals surface area (Å²) in [4.78, 5) is 9.06. The van der Waals surface area contributed by atoms with E-state index < -0.39 is 0 Å². The zero-order chi connectivity index (χ0) is 12.7. The lowest BCUT2D eigenvalue weighted by Gasteiger charge is -2.11. The fourth-order valence-electron chi connectivity index (χ4n) is 1.49. The summed E-state index contributed by atoms with van der Waals surface area (Å²) in [5.41, 5.74) is 1.09. The van der Waals surface area contributed by atoms with Gasteiger partial charge in [0.05, 0.1) is 0 Å². The van der Waals surface area contributed by atoms with Gasteiger partial charge >= 0.3 is 0 Å². The Morgan fingerprint density at radius 2 is 2.12 bits per heavy atom. The minimum Gasteiger partial charge on any atom is -0.396 e. The number of nitrogens with one attached hydrogen (secondary N) is 1. The number of aliphatic hydroxyl groups is 1. The molecule has 1 aromatic heterocycles. The van der Waals surface area contributed by atoms with Crippen LogP contribution in [0.1, 0.15) is 31.2 Å². The molecule has 0 saturated heterocycles. The van der Waals surface area contributed by atoms with E-state index in [4.69, 9.17) is 5.11 Å². The van der Waals surface area contributed by atoms with E-state index in [0.717, 1.165) is 47.2 Å². The van der Waals surface area contributed by atoms with Crippen LogP contribution >= 0.6 is 11.8 Å². The van der Waals surface area contributed by atoms with Gasteiger partial charge in [0.1, 0.15) is 16.7 Å². The van der Waals surface area contributed by atoms with Crippen molar-refractivity contribution in [1.82, 2.24) is 9.97 Å². The van der Waals surface area contributed by atoms with Crippen LogP contribution in [0.2, 0.25) is 0 Å². The maximum atomic E-state index is 8.79. The Labute approximate surface area is 107 Å². The van der Waals surface area contributed by atoms with Gasteiger partial charge in [0.2, 0.25) is 0 Å². The molecule has 17 heavy (non-hydrogen) atoms. The molecule has 0 fully saturated rings. The molecule has 0 aliphatic heterocycles. The predicted octanol–water partition coefficient (Wildman–Crippen LogP) is 2.25. The zero-order valence-electron chi connectivity index (χ0n) is 10.8. The molecule has 0 unspecified atom stereocenters. The van der Waals surface area contributed by atoms with Crippen molar-refractivity contribution in [1.29, 1.82) is 0 Å². The van der Waals surface area contributed by atoms with E-state index in [0.29, 0.717) is 0 Å². The molecule has 1 aromatic rings. The van der Waals surface area contributed by atoms with Crippen molar-refractivity contribution in [3.8, 4) is 0 Å². The molecule has 2 N–H and O–H groups in total. The van der Waals surface area contributed by atoms with Crippen LogP contribution in [0.25, 0.3) is 0 Å². The number of nitrogens with zero attached hydrogens (tertiary/aromatic N) is 2. The third kappa shape index (κ3) is 4.16. The average Bonchev–Trinajstić information content (AvgIpc) is 2.33. The van der Waals surface area contributed by atoms with Crippen LogP contribution in [-0.4, -0.2) is 34.5 Å². The quantitative estimate of drug-likeness (QED) is 0.444. The zero-order valence-corrected chi connectivity index (χ0v) is 11.6. The molecular formula is C12H21N3OS. The van der Waals surface area contributed by atoms with Gasteiger partial charge in [0.25, 0.3) is 0 Å². The van der Waals surface area contributed by atoms with E-state index in [1.165, 1.54) is 0 Å². The smallest absolute Gasteiger partial charge is 0.133 e. The first-order valence-electron chi connectivity index (χ1n) is 6.01. The lowest BCUT2D eigenvalue weighted by molar-refractivity contribution is 0.296. The first-order valence-corrected chi connectivity index (χ1v) is 7.00. The molecule has 0 amide bonds. The van der Waals surface area contributed by atoms with E-state index in [-0.39, 0.29) is 6.61 Å². The largest absolute Gasteiger partial charge is 0.396 e. The number of aromatic nitrogens is 2. The van der Waals surface area contributed by atoms with Crippen molar-refractivity contribution < 1.29 is 5.11 Å². The van der Waals surface area contributed by atoms with Crippen LogP contribution < -0.4 is 5.32 Å². The van der Waals surface area contributed by atoms with E-state index in [9.17, 15) is 0 Å². The van der Waals surface area contributed by atoms with Gasteiger partial charge in [0, 0.05) is 31.4 Å². The van der Waals surface area contributed by atoms with Crippen molar-refractivity contribution in [2.24, 2.45) is 0 Å². The molecule has 0 aliphatic carbocycles. The highest BCUT2D eigenvalue weighted by molar-refractivity contribution is 7.99. The van der Waals surface area contributed by atoms with Crippen LogP contribution in [-0.2, 0) is 6.42 Å². The third-order valence-electron chi connectivity index (χ3n) is 2.40. The Bertz CT molecular complexity index is 358. The Hall–Kier alpha value is -0.810. The second-order valence-electron chi connectivity index (χ2n) is 3.84. The molecule has 96 valence electrons. The number of rotatable bonds is 7. The average molecular weight is 255 g/mol. The molecular weight excluding hydrogens is 234 g/mol. The van der Waals surface area contributed by atoms with Crippen LogP contribution in [0.5, 0.6) is 0 Å². The number of aliphatic hydroxyl groups excluding tert-OH is 1. The normalized spacial score (nSPS) is 10.6. The fourth-order valence-corrected chi connectivity index (χ4v) is 2.44. The summed E-state index contributed by atoms with van der Waals surface area (Å²) in [5, 5.41) is 12.9. The summed E-state index contributed by atoms with van der Waals surface area (Å²) in [7, 11) is 1.88. The van der Waals surface area contributed by atoms with Crippen LogP contribution in [0, 0.1) is 6.92 Å². The van der Waals surface area contributed by atoms with Crippen molar-refractivity contribution in [3.05, 3.63) is 11.4 Å². The number of hydrogen-bond acceptors (Lipinski definition) is 5. The van der Waals surface area contributed by atoms with Crippen molar-refractivity contribution in [3.63, 3.8) is 0 Å². The van der Waals surface area contributed by atoms with Gasteiger partial charge in [-0.15, -0.1) is 11.8 Å². The standard InChI is InChI=1S/C12H21N3OS/c1-4-6-10-14-11(13-3)9(2)12(15-10)17-8-5-7-16/h16H,4-8H2,1-3H3,(H,13,14,15). The molecule has 5 heteroatoms. The van der Waals surface area contributed by atoms with Crippen molar-refractivity contribution >= 4 is 17.6 Å². The van der Waals surface area contributed by atoms with Crippen molar-refractivity contribution in [2.75, 3.05) is 24.7 Å². The molecule has 0 aromatic carbocycles. The minimum absolute atomic E-state index is 0.234. The maximum Gasteiger partial charge on any atom is 0.133 e. The summed E-state index contributed by atoms with van der Waals surface area (Å²) < 4.78 is 0. The number of hydrogen-bond donors (Lipinski definition) is 2. The minimum atomic E-state index is 0.234. The highest BCUT2D eigenvalue weighted by Crippen LogP contribution is 2.25. The summed E-state index contributed by atoms with van der Waals surface area (Å²) in [6, 6.07) is 0. The highest BCUT2D eigenvalue weighted by atomic mass is 32.2.